The Balaban J connectivity index is 5.25. The van der Waals surface area contributed by atoms with Crippen molar-refractivity contribution in [1.29, 1.82) is 0 Å². The minimum atomic E-state index is -4.96. The first kappa shape index (κ1) is 91.5. The van der Waals surface area contributed by atoms with Crippen molar-refractivity contribution in [1.82, 2.24) is 0 Å². The SMILES string of the molecule is CCCCCC/C=C\C=C/CCCCCCCC(=O)OC[C@H](COP(=O)(O)OCC(O)COP(=O)(O)OC[C@@H](COC(=O)CCCCCCCCCC(C)C)OC(=O)CCCCCCCCCCCCCCCCCC(C)C)OC(=O)CCCCCCCCCCC(C)C. The fraction of sp³-hybridized carbons (Fsp3) is 0.893. The Bertz CT molecular complexity index is 1930. The van der Waals surface area contributed by atoms with E-state index in [0.717, 1.165) is 121 Å². The number of esters is 4. The fourth-order valence-electron chi connectivity index (χ4n) is 10.9. The predicted molar refractivity (Wildman–Crippen MR) is 381 cm³/mol. The number of allylic oxidation sites excluding steroid dienone is 4. The first-order valence-corrected chi connectivity index (χ1v) is 41.2. The fourth-order valence-corrected chi connectivity index (χ4v) is 12.5. The number of phosphoric acid groups is 2. The number of carbonyl (C=O) groups is 4. The van der Waals surface area contributed by atoms with Crippen molar-refractivity contribution in [3.8, 4) is 0 Å². The first-order valence-electron chi connectivity index (χ1n) is 38.2. The molecule has 3 N–H and O–H groups in total. The average Bonchev–Trinajstić information content (AvgIpc) is 1.57. The van der Waals surface area contributed by atoms with Gasteiger partial charge in [0.2, 0.25) is 0 Å². The minimum absolute atomic E-state index is 0.0973. The van der Waals surface area contributed by atoms with Crippen molar-refractivity contribution >= 4 is 39.5 Å². The quantitative estimate of drug-likeness (QED) is 0.0169. The number of aliphatic hydroxyl groups excluding tert-OH is 1. The van der Waals surface area contributed by atoms with Crippen LogP contribution in [0.25, 0.3) is 0 Å². The van der Waals surface area contributed by atoms with Crippen molar-refractivity contribution in [2.24, 2.45) is 17.8 Å². The molecule has 0 fully saturated rings. The lowest BCUT2D eigenvalue weighted by molar-refractivity contribution is -0.161. The van der Waals surface area contributed by atoms with Gasteiger partial charge >= 0.3 is 39.5 Å². The van der Waals surface area contributed by atoms with E-state index in [9.17, 15) is 43.2 Å². The van der Waals surface area contributed by atoms with E-state index in [1.807, 2.05) is 0 Å². The van der Waals surface area contributed by atoms with Crippen molar-refractivity contribution in [3.05, 3.63) is 24.3 Å². The smallest absolute Gasteiger partial charge is 0.462 e. The summed E-state index contributed by atoms with van der Waals surface area (Å²) in [6.07, 6.45) is 53.7. The Hall–Kier alpha value is -2.46. The van der Waals surface area contributed by atoms with Crippen LogP contribution in [0.15, 0.2) is 24.3 Å². The maximum atomic E-state index is 13.0. The van der Waals surface area contributed by atoms with Gasteiger partial charge in [-0.2, -0.15) is 0 Å². The van der Waals surface area contributed by atoms with E-state index < -0.39 is 97.5 Å². The van der Waals surface area contributed by atoms with Gasteiger partial charge in [-0.15, -0.1) is 0 Å². The number of hydrogen-bond acceptors (Lipinski definition) is 15. The molecule has 0 aliphatic heterocycles. The summed E-state index contributed by atoms with van der Waals surface area (Å²) in [6.45, 7) is 11.7. The van der Waals surface area contributed by atoms with Crippen LogP contribution in [0.4, 0.5) is 0 Å². The second kappa shape index (κ2) is 65.2. The molecule has 0 saturated heterocycles. The summed E-state index contributed by atoms with van der Waals surface area (Å²) in [4.78, 5) is 72.7. The number of ether oxygens (including phenoxy) is 4. The van der Waals surface area contributed by atoms with Crippen LogP contribution < -0.4 is 0 Å². The lowest BCUT2D eigenvalue weighted by Gasteiger charge is -2.21. The third-order valence-electron chi connectivity index (χ3n) is 16.8. The molecule has 0 aromatic carbocycles. The van der Waals surface area contributed by atoms with Gasteiger partial charge in [-0.1, -0.05) is 304 Å². The van der Waals surface area contributed by atoms with Crippen LogP contribution in [-0.4, -0.2) is 96.7 Å². The Labute approximate surface area is 573 Å². The molecule has 0 saturated carbocycles. The molecule has 554 valence electrons. The number of carbonyl (C=O) groups excluding carboxylic acids is 4. The maximum Gasteiger partial charge on any atom is 0.472 e. The van der Waals surface area contributed by atoms with Crippen molar-refractivity contribution in [2.45, 2.75) is 375 Å². The molecule has 0 rings (SSSR count). The highest BCUT2D eigenvalue weighted by Gasteiger charge is 2.30. The molecule has 0 aliphatic carbocycles. The predicted octanol–water partition coefficient (Wildman–Crippen LogP) is 21.3. The number of unbranched alkanes of at least 4 members (excludes halogenated alkanes) is 36. The molecule has 0 aromatic heterocycles. The molecule has 0 aromatic rings. The summed E-state index contributed by atoms with van der Waals surface area (Å²) in [7, 11) is -9.92. The van der Waals surface area contributed by atoms with Crippen LogP contribution >= 0.6 is 15.6 Å². The average molecular weight is 1380 g/mol. The van der Waals surface area contributed by atoms with Gasteiger partial charge in [0.05, 0.1) is 26.4 Å². The van der Waals surface area contributed by atoms with E-state index in [-0.39, 0.29) is 25.7 Å². The third kappa shape index (κ3) is 68.1. The van der Waals surface area contributed by atoms with E-state index in [4.69, 9.17) is 37.0 Å². The summed E-state index contributed by atoms with van der Waals surface area (Å²) < 4.78 is 68.4. The highest BCUT2D eigenvalue weighted by atomic mass is 31.2. The summed E-state index contributed by atoms with van der Waals surface area (Å²) in [5.74, 6) is 0.0671. The lowest BCUT2D eigenvalue weighted by atomic mass is 10.0. The van der Waals surface area contributed by atoms with E-state index in [1.54, 1.807) is 0 Å². The summed E-state index contributed by atoms with van der Waals surface area (Å²) in [5.41, 5.74) is 0. The molecule has 19 heteroatoms. The van der Waals surface area contributed by atoms with E-state index in [1.165, 1.54) is 141 Å². The summed E-state index contributed by atoms with van der Waals surface area (Å²) in [5, 5.41) is 10.6. The maximum absolute atomic E-state index is 13.0. The van der Waals surface area contributed by atoms with Gasteiger partial charge in [-0.3, -0.25) is 37.3 Å². The largest absolute Gasteiger partial charge is 0.472 e. The number of rotatable bonds is 71. The molecule has 17 nitrogen and oxygen atoms in total. The zero-order chi connectivity index (χ0) is 69.4. The van der Waals surface area contributed by atoms with Gasteiger partial charge in [0.25, 0.3) is 0 Å². The summed E-state index contributed by atoms with van der Waals surface area (Å²) >= 11 is 0. The van der Waals surface area contributed by atoms with Crippen LogP contribution in [0.5, 0.6) is 0 Å². The van der Waals surface area contributed by atoms with Gasteiger partial charge in [0, 0.05) is 25.7 Å². The Morgan fingerprint density at radius 2 is 0.574 bits per heavy atom. The van der Waals surface area contributed by atoms with Gasteiger partial charge < -0.3 is 33.8 Å². The van der Waals surface area contributed by atoms with Gasteiger partial charge in [-0.25, -0.2) is 9.13 Å². The third-order valence-corrected chi connectivity index (χ3v) is 18.7. The Kier molecular flexibility index (Phi) is 63.5. The molecular formula is C75H142O17P2. The highest BCUT2D eigenvalue weighted by molar-refractivity contribution is 7.47. The summed E-state index contributed by atoms with van der Waals surface area (Å²) in [6, 6.07) is 0. The highest BCUT2D eigenvalue weighted by Crippen LogP contribution is 2.45. The number of hydrogen-bond donors (Lipinski definition) is 3. The Morgan fingerprint density at radius 1 is 0.330 bits per heavy atom. The Morgan fingerprint density at radius 3 is 0.862 bits per heavy atom. The molecule has 0 amide bonds. The lowest BCUT2D eigenvalue weighted by Crippen LogP contribution is -2.30. The van der Waals surface area contributed by atoms with Crippen LogP contribution in [0.3, 0.4) is 0 Å². The van der Waals surface area contributed by atoms with Crippen LogP contribution in [-0.2, 0) is 65.4 Å². The molecule has 0 bridgehead atoms. The second-order valence-electron chi connectivity index (χ2n) is 27.8. The molecule has 0 spiro atoms. The van der Waals surface area contributed by atoms with Gasteiger partial charge in [-0.05, 0) is 69.1 Å². The van der Waals surface area contributed by atoms with Crippen LogP contribution in [0.2, 0.25) is 0 Å². The second-order valence-corrected chi connectivity index (χ2v) is 30.7. The van der Waals surface area contributed by atoms with Crippen molar-refractivity contribution < 1.29 is 80.2 Å². The molecule has 94 heavy (non-hydrogen) atoms. The topological polar surface area (TPSA) is 237 Å². The van der Waals surface area contributed by atoms with Crippen LogP contribution in [0, 0.1) is 17.8 Å². The van der Waals surface area contributed by atoms with Gasteiger partial charge in [0.15, 0.2) is 12.2 Å². The van der Waals surface area contributed by atoms with Crippen LogP contribution in [0.1, 0.15) is 357 Å². The molecule has 0 radical (unpaired) electrons. The normalized spacial score (nSPS) is 14.3. The first-order chi connectivity index (χ1) is 45.2. The molecule has 0 heterocycles. The zero-order valence-electron chi connectivity index (χ0n) is 60.9. The monoisotopic (exact) mass is 1380 g/mol. The van der Waals surface area contributed by atoms with E-state index in [0.29, 0.717) is 37.5 Å². The van der Waals surface area contributed by atoms with Crippen molar-refractivity contribution in [3.63, 3.8) is 0 Å². The molecular weight excluding hydrogens is 1230 g/mol. The van der Waals surface area contributed by atoms with Crippen molar-refractivity contribution in [2.75, 3.05) is 39.6 Å². The molecule has 0 aliphatic rings. The number of aliphatic hydroxyl groups is 1. The molecule has 5 atom stereocenters. The van der Waals surface area contributed by atoms with E-state index in [2.05, 4.69) is 72.8 Å². The number of phosphoric ester groups is 2. The van der Waals surface area contributed by atoms with E-state index >= 15 is 0 Å². The standard InChI is InChI=1S/C75H142O17P2/c1-8-9-10-11-12-13-14-15-17-21-24-27-35-42-49-56-72(77)85-62-70(92-75(80)59-52-45-37-30-29-33-40-47-54-67(4)5)64-89-93(81,82)87-60-69(76)61-88-94(83,84)90-65-71(63-86-73(78)57-50-43-38-31-34-41-48-55-68(6)7)91-74(79)58-51-44-36-28-25-22-19-16-18-20-23-26-32-39-46-53-66(2)3/h13-15,17,66-71,76H,8-12,16,18-65H2,1-7H3,(H,81,82)(H,83,84)/b14-13-,17-15-/t69?,70-,71-/m1/s1. The zero-order valence-corrected chi connectivity index (χ0v) is 62.7. The molecule has 3 unspecified atom stereocenters. The minimum Gasteiger partial charge on any atom is -0.462 e. The van der Waals surface area contributed by atoms with Gasteiger partial charge in [0.1, 0.15) is 19.3 Å².